The van der Waals surface area contributed by atoms with E-state index in [2.05, 4.69) is 15.4 Å². The van der Waals surface area contributed by atoms with Crippen LogP contribution in [0.25, 0.3) is 6.08 Å². The Morgan fingerprint density at radius 1 is 1.00 bits per heavy atom. The quantitative estimate of drug-likeness (QED) is 0.431. The van der Waals surface area contributed by atoms with Crippen molar-refractivity contribution in [1.82, 2.24) is 5.32 Å². The molecule has 3 aromatic rings. The Morgan fingerprint density at radius 2 is 1.76 bits per heavy atom. The summed E-state index contributed by atoms with van der Waals surface area (Å²) in [6.07, 6.45) is 2.80. The first-order valence-electron chi connectivity index (χ1n) is 10.1. The lowest BCUT2D eigenvalue weighted by atomic mass is 10.1. The number of hydrogen-bond acceptors (Lipinski definition) is 4. The van der Waals surface area contributed by atoms with Crippen LogP contribution in [0.15, 0.2) is 72.8 Å². The van der Waals surface area contributed by atoms with Crippen LogP contribution in [0.3, 0.4) is 0 Å². The van der Waals surface area contributed by atoms with Crippen LogP contribution >= 0.6 is 0 Å². The van der Waals surface area contributed by atoms with Gasteiger partial charge in [0.1, 0.15) is 5.82 Å². The molecule has 0 aliphatic carbocycles. The molecule has 2 amide bonds. The standard InChI is InChI=1S/C25H21F3N2O4/c1-33-22-14-16(5-11-21(22)34-25(27)28)6-12-23(31)29-15-17-3-2-4-20(13-17)30-24(32)18-7-9-19(26)10-8-18/h2-14,25H,15H2,1H3,(H,29,31)(H,30,32)/b12-6+. The summed E-state index contributed by atoms with van der Waals surface area (Å²) in [5, 5.41) is 5.44. The number of alkyl halides is 2. The van der Waals surface area contributed by atoms with Gasteiger partial charge in [-0.2, -0.15) is 8.78 Å². The molecule has 0 unspecified atom stereocenters. The van der Waals surface area contributed by atoms with Crippen LogP contribution in [0, 0.1) is 5.82 Å². The Labute approximate surface area is 194 Å². The summed E-state index contributed by atoms with van der Waals surface area (Å²) < 4.78 is 47.2. The molecule has 0 radical (unpaired) electrons. The second kappa shape index (κ2) is 11.6. The summed E-state index contributed by atoms with van der Waals surface area (Å²) in [5.41, 5.74) is 2.14. The molecule has 0 saturated heterocycles. The fourth-order valence-electron chi connectivity index (χ4n) is 2.96. The van der Waals surface area contributed by atoms with Crippen LogP contribution in [-0.2, 0) is 11.3 Å². The minimum Gasteiger partial charge on any atom is -0.493 e. The zero-order valence-corrected chi connectivity index (χ0v) is 18.1. The molecule has 176 valence electrons. The van der Waals surface area contributed by atoms with E-state index >= 15 is 0 Å². The van der Waals surface area contributed by atoms with Gasteiger partial charge < -0.3 is 20.1 Å². The van der Waals surface area contributed by atoms with Gasteiger partial charge in [0, 0.05) is 23.9 Å². The highest BCUT2D eigenvalue weighted by molar-refractivity contribution is 6.04. The minimum atomic E-state index is -2.98. The SMILES string of the molecule is COc1cc(/C=C/C(=O)NCc2cccc(NC(=O)c3ccc(F)cc3)c2)ccc1OC(F)F. The lowest BCUT2D eigenvalue weighted by molar-refractivity contribution is -0.116. The zero-order chi connectivity index (χ0) is 24.5. The number of nitrogens with one attached hydrogen (secondary N) is 2. The van der Waals surface area contributed by atoms with Crippen molar-refractivity contribution in [3.05, 3.63) is 95.3 Å². The smallest absolute Gasteiger partial charge is 0.387 e. The number of ether oxygens (including phenoxy) is 2. The maximum atomic E-state index is 13.0. The van der Waals surface area contributed by atoms with Gasteiger partial charge in [0.05, 0.1) is 7.11 Å². The van der Waals surface area contributed by atoms with E-state index in [9.17, 15) is 22.8 Å². The second-order valence-electron chi connectivity index (χ2n) is 7.00. The predicted octanol–water partition coefficient (Wildman–Crippen LogP) is 5.02. The van der Waals surface area contributed by atoms with Crippen LogP contribution in [0.1, 0.15) is 21.5 Å². The second-order valence-corrected chi connectivity index (χ2v) is 7.00. The van der Waals surface area contributed by atoms with Gasteiger partial charge >= 0.3 is 6.61 Å². The Hall–Kier alpha value is -4.27. The number of anilines is 1. The van der Waals surface area contributed by atoms with Crippen LogP contribution in [0.2, 0.25) is 0 Å². The van der Waals surface area contributed by atoms with Crippen molar-refractivity contribution in [3.8, 4) is 11.5 Å². The van der Waals surface area contributed by atoms with Crippen molar-refractivity contribution >= 4 is 23.6 Å². The summed E-state index contributed by atoms with van der Waals surface area (Å²) >= 11 is 0. The highest BCUT2D eigenvalue weighted by atomic mass is 19.3. The minimum absolute atomic E-state index is 0.106. The molecule has 9 heteroatoms. The Morgan fingerprint density at radius 3 is 2.47 bits per heavy atom. The predicted molar refractivity (Wildman–Crippen MR) is 121 cm³/mol. The number of carbonyl (C=O) groups is 2. The Kier molecular flexibility index (Phi) is 8.28. The highest BCUT2D eigenvalue weighted by Gasteiger charge is 2.11. The van der Waals surface area contributed by atoms with Crippen molar-refractivity contribution in [2.75, 3.05) is 12.4 Å². The molecular weight excluding hydrogens is 449 g/mol. The van der Waals surface area contributed by atoms with Crippen LogP contribution in [0.5, 0.6) is 11.5 Å². The summed E-state index contributed by atoms with van der Waals surface area (Å²) in [7, 11) is 1.32. The Bertz CT molecular complexity index is 1180. The van der Waals surface area contributed by atoms with Crippen molar-refractivity contribution in [2.24, 2.45) is 0 Å². The number of methoxy groups -OCH3 is 1. The molecule has 0 aliphatic heterocycles. The maximum absolute atomic E-state index is 13.0. The number of halogens is 3. The summed E-state index contributed by atoms with van der Waals surface area (Å²) in [5.74, 6) is -1.19. The highest BCUT2D eigenvalue weighted by Crippen LogP contribution is 2.29. The first kappa shape index (κ1) is 24.4. The van der Waals surface area contributed by atoms with Gasteiger partial charge in [-0.3, -0.25) is 9.59 Å². The summed E-state index contributed by atoms with van der Waals surface area (Å²) in [6.45, 7) is -2.77. The van der Waals surface area contributed by atoms with Crippen LogP contribution in [0.4, 0.5) is 18.9 Å². The van der Waals surface area contributed by atoms with E-state index in [1.807, 2.05) is 0 Å². The van der Waals surface area contributed by atoms with Crippen molar-refractivity contribution in [3.63, 3.8) is 0 Å². The van der Waals surface area contributed by atoms with E-state index in [1.54, 1.807) is 24.3 Å². The maximum Gasteiger partial charge on any atom is 0.387 e. The molecule has 0 fully saturated rings. The number of hydrogen-bond donors (Lipinski definition) is 2. The van der Waals surface area contributed by atoms with E-state index in [1.165, 1.54) is 61.7 Å². The topological polar surface area (TPSA) is 76.7 Å². The average molecular weight is 470 g/mol. The first-order chi connectivity index (χ1) is 16.3. The molecule has 34 heavy (non-hydrogen) atoms. The van der Waals surface area contributed by atoms with E-state index < -0.39 is 12.4 Å². The normalized spacial score (nSPS) is 10.9. The van der Waals surface area contributed by atoms with Gasteiger partial charge in [-0.15, -0.1) is 0 Å². The molecule has 3 aromatic carbocycles. The van der Waals surface area contributed by atoms with Gasteiger partial charge in [0.2, 0.25) is 5.91 Å². The average Bonchev–Trinajstić information content (AvgIpc) is 2.82. The monoisotopic (exact) mass is 470 g/mol. The van der Waals surface area contributed by atoms with E-state index in [-0.39, 0.29) is 29.9 Å². The fraction of sp³-hybridized carbons (Fsp3) is 0.120. The van der Waals surface area contributed by atoms with E-state index in [0.717, 1.165) is 5.56 Å². The van der Waals surface area contributed by atoms with Crippen LogP contribution in [-0.4, -0.2) is 25.5 Å². The fourth-order valence-corrected chi connectivity index (χ4v) is 2.96. The Balaban J connectivity index is 1.56. The van der Waals surface area contributed by atoms with Crippen LogP contribution < -0.4 is 20.1 Å². The molecule has 0 bridgehead atoms. The number of benzene rings is 3. The lowest BCUT2D eigenvalue weighted by Gasteiger charge is -2.10. The third-order valence-corrected chi connectivity index (χ3v) is 4.59. The third-order valence-electron chi connectivity index (χ3n) is 4.59. The van der Waals surface area contributed by atoms with Gasteiger partial charge in [-0.25, -0.2) is 4.39 Å². The number of amides is 2. The molecule has 0 saturated carbocycles. The van der Waals surface area contributed by atoms with Crippen molar-refractivity contribution in [2.45, 2.75) is 13.2 Å². The largest absolute Gasteiger partial charge is 0.493 e. The lowest BCUT2D eigenvalue weighted by Crippen LogP contribution is -2.20. The third kappa shape index (κ3) is 7.13. The first-order valence-corrected chi connectivity index (χ1v) is 10.1. The molecule has 0 atom stereocenters. The summed E-state index contributed by atoms with van der Waals surface area (Å²) in [6, 6.07) is 16.4. The van der Waals surface area contributed by atoms with Gasteiger partial charge in [0.25, 0.3) is 5.91 Å². The van der Waals surface area contributed by atoms with E-state index in [4.69, 9.17) is 4.74 Å². The van der Waals surface area contributed by atoms with Crippen molar-refractivity contribution < 1.29 is 32.2 Å². The zero-order valence-electron chi connectivity index (χ0n) is 18.1. The molecule has 3 rings (SSSR count). The molecule has 0 aliphatic rings. The molecular formula is C25H21F3N2O4. The molecule has 2 N–H and O–H groups in total. The molecule has 0 spiro atoms. The van der Waals surface area contributed by atoms with Crippen molar-refractivity contribution in [1.29, 1.82) is 0 Å². The van der Waals surface area contributed by atoms with Gasteiger partial charge in [-0.1, -0.05) is 18.2 Å². The summed E-state index contributed by atoms with van der Waals surface area (Å²) in [4.78, 5) is 24.5. The number of rotatable bonds is 9. The van der Waals surface area contributed by atoms with Gasteiger partial charge in [0.15, 0.2) is 11.5 Å². The van der Waals surface area contributed by atoms with E-state index in [0.29, 0.717) is 16.8 Å². The molecule has 6 nitrogen and oxygen atoms in total. The van der Waals surface area contributed by atoms with Gasteiger partial charge in [-0.05, 0) is 65.7 Å². The molecule has 0 heterocycles. The molecule has 0 aromatic heterocycles. The number of carbonyl (C=O) groups excluding carboxylic acids is 2.